The molecule has 2 amide bonds. The van der Waals surface area contributed by atoms with E-state index in [0.29, 0.717) is 0 Å². The molecule has 16 heavy (non-hydrogen) atoms. The van der Waals surface area contributed by atoms with Crippen molar-refractivity contribution in [3.63, 3.8) is 0 Å². The van der Waals surface area contributed by atoms with Crippen LogP contribution in [0.5, 0.6) is 0 Å². The number of amides is 2. The first-order valence-corrected chi connectivity index (χ1v) is 4.61. The van der Waals surface area contributed by atoms with Gasteiger partial charge in [0.25, 0.3) is 11.8 Å². The minimum atomic E-state index is -0.617. The lowest BCUT2D eigenvalue weighted by Gasteiger charge is -2.04. The number of methoxy groups -OCH3 is 1. The summed E-state index contributed by atoms with van der Waals surface area (Å²) in [5.41, 5.74) is 0.500. The second-order valence-corrected chi connectivity index (χ2v) is 3.39. The molecule has 5 nitrogen and oxygen atoms in total. The number of carbonyl (C=O) groups excluding carboxylic acids is 3. The summed E-state index contributed by atoms with van der Waals surface area (Å²) in [4.78, 5) is 35.8. The van der Waals surface area contributed by atoms with E-state index in [9.17, 15) is 14.4 Å². The minimum Gasteiger partial charge on any atom is -0.465 e. The Morgan fingerprint density at radius 3 is 2.56 bits per heavy atom. The van der Waals surface area contributed by atoms with Crippen LogP contribution in [0.25, 0.3) is 0 Å². The summed E-state index contributed by atoms with van der Waals surface area (Å²) < 4.78 is 4.56. The van der Waals surface area contributed by atoms with E-state index in [2.05, 4.69) is 4.74 Å². The Balaban J connectivity index is 2.67. The summed E-state index contributed by atoms with van der Waals surface area (Å²) in [6.07, 6.45) is 0. The Labute approximate surface area is 91.6 Å². The first-order valence-electron chi connectivity index (χ1n) is 4.61. The summed E-state index contributed by atoms with van der Waals surface area (Å²) in [6.45, 7) is 0. The van der Waals surface area contributed by atoms with Gasteiger partial charge in [0, 0.05) is 7.05 Å². The van der Waals surface area contributed by atoms with Crippen LogP contribution >= 0.6 is 0 Å². The van der Waals surface area contributed by atoms with Gasteiger partial charge in [-0.3, -0.25) is 14.5 Å². The monoisotopic (exact) mass is 219 g/mol. The third kappa shape index (κ3) is 1.21. The molecule has 0 spiro atoms. The molecule has 0 unspecified atom stereocenters. The Kier molecular flexibility index (Phi) is 2.23. The molecule has 5 heteroatoms. The van der Waals surface area contributed by atoms with Gasteiger partial charge in [0.15, 0.2) is 0 Å². The van der Waals surface area contributed by atoms with Crippen molar-refractivity contribution in [3.05, 3.63) is 34.9 Å². The standard InChI is InChI=1S/C11H9NO4/c1-12-9(13)6-4-3-5-7(11(15)16-2)8(6)10(12)14/h3-5H,1-2H3. The topological polar surface area (TPSA) is 63.7 Å². The fourth-order valence-corrected chi connectivity index (χ4v) is 1.68. The van der Waals surface area contributed by atoms with Gasteiger partial charge in [-0.05, 0) is 12.1 Å². The van der Waals surface area contributed by atoms with Crippen LogP contribution in [0.4, 0.5) is 0 Å². The Morgan fingerprint density at radius 2 is 1.94 bits per heavy atom. The minimum absolute atomic E-state index is 0.127. The second-order valence-electron chi connectivity index (χ2n) is 3.39. The molecule has 0 N–H and O–H groups in total. The number of fused-ring (bicyclic) bond motifs is 1. The zero-order valence-corrected chi connectivity index (χ0v) is 8.81. The van der Waals surface area contributed by atoms with Crippen LogP contribution < -0.4 is 0 Å². The molecule has 0 aliphatic carbocycles. The lowest BCUT2D eigenvalue weighted by atomic mass is 10.0. The van der Waals surface area contributed by atoms with E-state index in [-0.39, 0.29) is 16.7 Å². The van der Waals surface area contributed by atoms with Crippen LogP contribution in [0.1, 0.15) is 31.1 Å². The number of imide groups is 1. The Hall–Kier alpha value is -2.17. The molecule has 0 atom stereocenters. The fourth-order valence-electron chi connectivity index (χ4n) is 1.68. The van der Waals surface area contributed by atoms with Crippen LogP contribution in [-0.4, -0.2) is 36.8 Å². The molecular formula is C11H9NO4. The van der Waals surface area contributed by atoms with Crippen LogP contribution in [0.3, 0.4) is 0 Å². The zero-order valence-electron chi connectivity index (χ0n) is 8.81. The maximum Gasteiger partial charge on any atom is 0.338 e. The summed E-state index contributed by atoms with van der Waals surface area (Å²) in [6, 6.07) is 4.54. The molecule has 1 aliphatic heterocycles. The SMILES string of the molecule is COC(=O)c1cccc2c1C(=O)N(C)C2=O. The van der Waals surface area contributed by atoms with Gasteiger partial charge in [0.05, 0.1) is 23.8 Å². The van der Waals surface area contributed by atoms with Crippen molar-refractivity contribution < 1.29 is 19.1 Å². The van der Waals surface area contributed by atoms with Crippen LogP contribution in [-0.2, 0) is 4.74 Å². The molecule has 1 aromatic rings. The van der Waals surface area contributed by atoms with E-state index in [4.69, 9.17) is 0 Å². The number of esters is 1. The molecule has 2 rings (SSSR count). The van der Waals surface area contributed by atoms with Crippen molar-refractivity contribution in [2.24, 2.45) is 0 Å². The van der Waals surface area contributed by atoms with Gasteiger partial charge >= 0.3 is 5.97 Å². The van der Waals surface area contributed by atoms with Crippen molar-refractivity contribution in [1.82, 2.24) is 4.90 Å². The normalized spacial score (nSPS) is 14.0. The summed E-state index contributed by atoms with van der Waals surface area (Å²) >= 11 is 0. The number of carbonyl (C=O) groups is 3. The van der Waals surface area contributed by atoms with Crippen molar-refractivity contribution >= 4 is 17.8 Å². The van der Waals surface area contributed by atoms with Crippen LogP contribution in [0.15, 0.2) is 18.2 Å². The first kappa shape index (κ1) is 10.4. The maximum absolute atomic E-state index is 11.7. The molecule has 0 radical (unpaired) electrons. The Bertz CT molecular complexity index is 507. The number of ether oxygens (including phenoxy) is 1. The smallest absolute Gasteiger partial charge is 0.338 e. The number of rotatable bonds is 1. The lowest BCUT2D eigenvalue weighted by Crippen LogP contribution is -2.24. The summed E-state index contributed by atoms with van der Waals surface area (Å²) in [7, 11) is 2.61. The van der Waals surface area contributed by atoms with E-state index in [1.165, 1.54) is 26.3 Å². The number of nitrogens with zero attached hydrogens (tertiary/aromatic N) is 1. The van der Waals surface area contributed by atoms with Crippen LogP contribution in [0.2, 0.25) is 0 Å². The molecule has 1 aromatic carbocycles. The summed E-state index contributed by atoms with van der Waals surface area (Å²) in [5.74, 6) is -1.49. The van der Waals surface area contributed by atoms with Crippen molar-refractivity contribution in [1.29, 1.82) is 0 Å². The first-order chi connectivity index (χ1) is 7.57. The molecule has 1 heterocycles. The fraction of sp³-hybridized carbons (Fsp3) is 0.182. The van der Waals surface area contributed by atoms with Gasteiger partial charge < -0.3 is 4.74 Å². The lowest BCUT2D eigenvalue weighted by molar-refractivity contribution is 0.0590. The van der Waals surface area contributed by atoms with E-state index < -0.39 is 17.8 Å². The summed E-state index contributed by atoms with van der Waals surface area (Å²) in [5, 5.41) is 0. The van der Waals surface area contributed by atoms with Gasteiger partial charge in [-0.2, -0.15) is 0 Å². The molecule has 0 saturated heterocycles. The molecule has 0 bridgehead atoms. The van der Waals surface area contributed by atoms with Gasteiger partial charge in [0.2, 0.25) is 0 Å². The van der Waals surface area contributed by atoms with Gasteiger partial charge in [-0.25, -0.2) is 4.79 Å². The van der Waals surface area contributed by atoms with E-state index in [0.717, 1.165) is 4.90 Å². The van der Waals surface area contributed by atoms with E-state index in [1.54, 1.807) is 6.07 Å². The van der Waals surface area contributed by atoms with E-state index in [1.807, 2.05) is 0 Å². The molecule has 0 aromatic heterocycles. The highest BCUT2D eigenvalue weighted by molar-refractivity contribution is 6.24. The van der Waals surface area contributed by atoms with Crippen LogP contribution in [0, 0.1) is 0 Å². The van der Waals surface area contributed by atoms with Gasteiger partial charge in [-0.15, -0.1) is 0 Å². The highest BCUT2D eigenvalue weighted by Gasteiger charge is 2.36. The highest BCUT2D eigenvalue weighted by Crippen LogP contribution is 2.25. The number of hydrogen-bond donors (Lipinski definition) is 0. The predicted octanol–water partition coefficient (Wildman–Crippen LogP) is 0.699. The largest absolute Gasteiger partial charge is 0.465 e. The maximum atomic E-state index is 11.7. The molecule has 1 aliphatic rings. The average molecular weight is 219 g/mol. The van der Waals surface area contributed by atoms with Crippen molar-refractivity contribution in [2.45, 2.75) is 0 Å². The third-order valence-corrected chi connectivity index (χ3v) is 2.52. The molecular weight excluding hydrogens is 210 g/mol. The number of benzene rings is 1. The van der Waals surface area contributed by atoms with E-state index >= 15 is 0 Å². The quantitative estimate of drug-likeness (QED) is 0.515. The second kappa shape index (κ2) is 3.44. The average Bonchev–Trinajstić information content (AvgIpc) is 2.54. The molecule has 82 valence electrons. The van der Waals surface area contributed by atoms with Crippen molar-refractivity contribution in [3.8, 4) is 0 Å². The highest BCUT2D eigenvalue weighted by atomic mass is 16.5. The van der Waals surface area contributed by atoms with Gasteiger partial charge in [-0.1, -0.05) is 6.07 Å². The predicted molar refractivity (Wildman–Crippen MR) is 54.2 cm³/mol. The zero-order chi connectivity index (χ0) is 11.9. The molecule has 0 fully saturated rings. The van der Waals surface area contributed by atoms with Gasteiger partial charge in [0.1, 0.15) is 0 Å². The molecule has 0 saturated carbocycles. The third-order valence-electron chi connectivity index (χ3n) is 2.52. The van der Waals surface area contributed by atoms with Crippen molar-refractivity contribution in [2.75, 3.05) is 14.2 Å². The number of hydrogen-bond acceptors (Lipinski definition) is 4. The Morgan fingerprint density at radius 1 is 1.25 bits per heavy atom.